The number of nitrogen functional groups attached to an aromatic ring is 1. The van der Waals surface area contributed by atoms with Crippen LogP contribution in [0.3, 0.4) is 0 Å². The maximum atomic E-state index is 5.87. The summed E-state index contributed by atoms with van der Waals surface area (Å²) in [6.45, 7) is 4.41. The van der Waals surface area contributed by atoms with Crippen LogP contribution in [0, 0.1) is 0 Å². The summed E-state index contributed by atoms with van der Waals surface area (Å²) in [4.78, 5) is 16.3. The standard InChI is InChI=1S/C17H21N7O2S/c18-16-20-13(10-27-16)14-12-9-19-24(11-1-5-25-6-2-11)15(12)22-17(21-14)23-3-7-26-8-4-23/h9-11H,1-8H2,(H2,18,20). The third-order valence-corrected chi connectivity index (χ3v) is 5.71. The van der Waals surface area contributed by atoms with Gasteiger partial charge in [0, 0.05) is 31.7 Å². The van der Waals surface area contributed by atoms with E-state index in [9.17, 15) is 0 Å². The fourth-order valence-corrected chi connectivity index (χ4v) is 4.16. The summed E-state index contributed by atoms with van der Waals surface area (Å²) in [6, 6.07) is 0.289. The SMILES string of the molecule is Nc1nc(-c2nc(N3CCOCC3)nc3c2cnn3C2CCOCC2)cs1. The molecule has 27 heavy (non-hydrogen) atoms. The molecule has 3 aromatic heterocycles. The topological polar surface area (TPSA) is 104 Å². The van der Waals surface area contributed by atoms with Crippen LogP contribution in [0.4, 0.5) is 11.1 Å². The molecule has 0 aliphatic carbocycles. The molecule has 2 fully saturated rings. The van der Waals surface area contributed by atoms with Gasteiger partial charge in [-0.2, -0.15) is 10.1 Å². The molecule has 2 N–H and O–H groups in total. The highest BCUT2D eigenvalue weighted by Crippen LogP contribution is 2.32. The van der Waals surface area contributed by atoms with Gasteiger partial charge < -0.3 is 20.1 Å². The number of hydrogen-bond acceptors (Lipinski definition) is 9. The zero-order valence-electron chi connectivity index (χ0n) is 14.9. The van der Waals surface area contributed by atoms with Crippen LogP contribution < -0.4 is 10.6 Å². The molecule has 142 valence electrons. The molecule has 2 aliphatic rings. The normalized spacial score (nSPS) is 19.0. The number of aromatic nitrogens is 5. The molecular weight excluding hydrogens is 366 g/mol. The highest BCUT2D eigenvalue weighted by Gasteiger charge is 2.24. The van der Waals surface area contributed by atoms with E-state index in [2.05, 4.69) is 15.0 Å². The van der Waals surface area contributed by atoms with Crippen molar-refractivity contribution in [3.8, 4) is 11.4 Å². The Morgan fingerprint density at radius 3 is 2.56 bits per heavy atom. The van der Waals surface area contributed by atoms with E-state index in [1.54, 1.807) is 0 Å². The van der Waals surface area contributed by atoms with Crippen LogP contribution in [0.5, 0.6) is 0 Å². The number of anilines is 2. The number of rotatable bonds is 3. The molecule has 0 atom stereocenters. The molecule has 10 heteroatoms. The second-order valence-electron chi connectivity index (χ2n) is 6.71. The van der Waals surface area contributed by atoms with Gasteiger partial charge in [0.25, 0.3) is 0 Å². The van der Waals surface area contributed by atoms with Crippen molar-refractivity contribution >= 4 is 33.5 Å². The van der Waals surface area contributed by atoms with E-state index in [-0.39, 0.29) is 6.04 Å². The first-order chi connectivity index (χ1) is 13.3. The highest BCUT2D eigenvalue weighted by atomic mass is 32.1. The number of morpholine rings is 1. The number of thiazole rings is 1. The Kier molecular flexibility index (Phi) is 4.38. The molecule has 2 aliphatic heterocycles. The van der Waals surface area contributed by atoms with Crippen molar-refractivity contribution in [1.82, 2.24) is 24.7 Å². The van der Waals surface area contributed by atoms with E-state index in [4.69, 9.17) is 25.2 Å². The molecular formula is C17H21N7O2S. The van der Waals surface area contributed by atoms with Crippen molar-refractivity contribution in [3.63, 3.8) is 0 Å². The third kappa shape index (κ3) is 3.13. The molecule has 5 heterocycles. The molecule has 0 amide bonds. The molecule has 0 aromatic carbocycles. The minimum atomic E-state index is 0.289. The molecule has 0 bridgehead atoms. The smallest absolute Gasteiger partial charge is 0.228 e. The molecule has 5 rings (SSSR count). The van der Waals surface area contributed by atoms with E-state index in [1.165, 1.54) is 11.3 Å². The summed E-state index contributed by atoms with van der Waals surface area (Å²) in [5.41, 5.74) is 8.27. The third-order valence-electron chi connectivity index (χ3n) is 5.04. The number of hydrogen-bond donors (Lipinski definition) is 1. The zero-order valence-corrected chi connectivity index (χ0v) is 15.7. The van der Waals surface area contributed by atoms with Gasteiger partial charge in [-0.25, -0.2) is 14.6 Å². The number of ether oxygens (including phenoxy) is 2. The maximum Gasteiger partial charge on any atom is 0.228 e. The molecule has 3 aromatic rings. The van der Waals surface area contributed by atoms with E-state index < -0.39 is 0 Å². The van der Waals surface area contributed by atoms with Crippen molar-refractivity contribution in [2.45, 2.75) is 18.9 Å². The van der Waals surface area contributed by atoms with Crippen molar-refractivity contribution in [3.05, 3.63) is 11.6 Å². The molecule has 0 unspecified atom stereocenters. The summed E-state index contributed by atoms with van der Waals surface area (Å²) in [5.74, 6) is 0.696. The number of fused-ring (bicyclic) bond motifs is 1. The lowest BCUT2D eigenvalue weighted by Crippen LogP contribution is -2.37. The van der Waals surface area contributed by atoms with Gasteiger partial charge in [-0.1, -0.05) is 0 Å². The van der Waals surface area contributed by atoms with E-state index >= 15 is 0 Å². The first kappa shape index (κ1) is 16.8. The quantitative estimate of drug-likeness (QED) is 0.724. The minimum absolute atomic E-state index is 0.289. The summed E-state index contributed by atoms with van der Waals surface area (Å²) < 4.78 is 13.0. The summed E-state index contributed by atoms with van der Waals surface area (Å²) in [7, 11) is 0. The van der Waals surface area contributed by atoms with Gasteiger partial charge in [-0.3, -0.25) is 0 Å². The van der Waals surface area contributed by atoms with Gasteiger partial charge >= 0.3 is 0 Å². The van der Waals surface area contributed by atoms with Crippen LogP contribution in [0.1, 0.15) is 18.9 Å². The molecule has 0 spiro atoms. The second kappa shape index (κ2) is 7.02. The Hall–Kier alpha value is -2.30. The molecule has 0 saturated carbocycles. The fraction of sp³-hybridized carbons (Fsp3) is 0.529. The Morgan fingerprint density at radius 1 is 1.04 bits per heavy atom. The van der Waals surface area contributed by atoms with Gasteiger partial charge in [0.15, 0.2) is 10.8 Å². The van der Waals surface area contributed by atoms with Crippen LogP contribution in [-0.4, -0.2) is 64.2 Å². The van der Waals surface area contributed by atoms with Crippen LogP contribution in [0.25, 0.3) is 22.4 Å². The number of nitrogens with zero attached hydrogens (tertiary/aromatic N) is 6. The van der Waals surface area contributed by atoms with Crippen LogP contribution >= 0.6 is 11.3 Å². The minimum Gasteiger partial charge on any atom is -0.381 e. The second-order valence-corrected chi connectivity index (χ2v) is 7.60. The fourth-order valence-electron chi connectivity index (χ4n) is 3.61. The maximum absolute atomic E-state index is 5.87. The molecule has 2 saturated heterocycles. The van der Waals surface area contributed by atoms with E-state index in [0.29, 0.717) is 24.3 Å². The van der Waals surface area contributed by atoms with Gasteiger partial charge in [-0.05, 0) is 12.8 Å². The predicted octanol–water partition coefficient (Wildman–Crippen LogP) is 1.72. The Labute approximate surface area is 160 Å². The van der Waals surface area contributed by atoms with Gasteiger partial charge in [0.2, 0.25) is 5.95 Å². The lowest BCUT2D eigenvalue weighted by atomic mass is 10.1. The van der Waals surface area contributed by atoms with Crippen LogP contribution in [-0.2, 0) is 9.47 Å². The average molecular weight is 387 g/mol. The molecule has 0 radical (unpaired) electrons. The first-order valence-electron chi connectivity index (χ1n) is 9.16. The molecule has 9 nitrogen and oxygen atoms in total. The highest BCUT2D eigenvalue weighted by molar-refractivity contribution is 7.13. The monoisotopic (exact) mass is 387 g/mol. The lowest BCUT2D eigenvalue weighted by molar-refractivity contribution is 0.0673. The van der Waals surface area contributed by atoms with E-state index in [0.717, 1.165) is 61.6 Å². The summed E-state index contributed by atoms with van der Waals surface area (Å²) in [6.07, 6.45) is 3.72. The van der Waals surface area contributed by atoms with Gasteiger partial charge in [0.05, 0.1) is 30.8 Å². The average Bonchev–Trinajstić information content (AvgIpc) is 3.35. The Balaban J connectivity index is 1.65. The van der Waals surface area contributed by atoms with Crippen molar-refractivity contribution < 1.29 is 9.47 Å². The van der Waals surface area contributed by atoms with Crippen molar-refractivity contribution in [2.75, 3.05) is 50.2 Å². The van der Waals surface area contributed by atoms with Gasteiger partial charge in [0.1, 0.15) is 11.4 Å². The Bertz CT molecular complexity index is 944. The van der Waals surface area contributed by atoms with Crippen molar-refractivity contribution in [2.24, 2.45) is 0 Å². The van der Waals surface area contributed by atoms with E-state index in [1.807, 2.05) is 16.3 Å². The summed E-state index contributed by atoms with van der Waals surface area (Å²) in [5, 5.41) is 8.03. The van der Waals surface area contributed by atoms with Crippen molar-refractivity contribution in [1.29, 1.82) is 0 Å². The predicted molar refractivity (Wildman–Crippen MR) is 103 cm³/mol. The first-order valence-corrected chi connectivity index (χ1v) is 10.0. The van der Waals surface area contributed by atoms with Crippen LogP contribution in [0.2, 0.25) is 0 Å². The largest absolute Gasteiger partial charge is 0.381 e. The zero-order chi connectivity index (χ0) is 18.2. The number of nitrogens with two attached hydrogens (primary N) is 1. The lowest BCUT2D eigenvalue weighted by Gasteiger charge is -2.27. The van der Waals surface area contributed by atoms with Gasteiger partial charge in [-0.15, -0.1) is 11.3 Å². The Morgan fingerprint density at radius 2 is 1.81 bits per heavy atom. The van der Waals surface area contributed by atoms with Crippen LogP contribution in [0.15, 0.2) is 11.6 Å². The summed E-state index contributed by atoms with van der Waals surface area (Å²) >= 11 is 1.41.